The number of hydrogen-bond donors (Lipinski definition) is 1. The van der Waals surface area contributed by atoms with Gasteiger partial charge in [-0.3, -0.25) is 9.59 Å². The highest BCUT2D eigenvalue weighted by atomic mass is 16.5. The van der Waals surface area contributed by atoms with Crippen LogP contribution in [0.1, 0.15) is 57.4 Å². The molecule has 2 rings (SSSR count). The molecule has 23 heavy (non-hydrogen) atoms. The highest BCUT2D eigenvalue weighted by Crippen LogP contribution is 2.27. The van der Waals surface area contributed by atoms with E-state index in [4.69, 9.17) is 4.74 Å². The predicted octanol–water partition coefficient (Wildman–Crippen LogP) is 4.09. The third-order valence-electron chi connectivity index (χ3n) is 4.35. The minimum Gasteiger partial charge on any atom is -0.456 e. The average Bonchev–Trinajstić information content (AvgIpc) is 3.05. The van der Waals surface area contributed by atoms with Gasteiger partial charge in [-0.15, -0.1) is 0 Å². The van der Waals surface area contributed by atoms with Crippen molar-refractivity contribution in [3.8, 4) is 0 Å². The molecule has 1 N–H and O–H groups in total. The molecule has 0 aliphatic heterocycles. The van der Waals surface area contributed by atoms with Crippen LogP contribution in [-0.2, 0) is 20.7 Å². The Kier molecular flexibility index (Phi) is 7.11. The van der Waals surface area contributed by atoms with Crippen LogP contribution in [0.15, 0.2) is 24.3 Å². The molecular formula is C19H27NO3. The Labute approximate surface area is 138 Å². The Morgan fingerprint density at radius 3 is 2.52 bits per heavy atom. The predicted molar refractivity (Wildman–Crippen MR) is 91.2 cm³/mol. The summed E-state index contributed by atoms with van der Waals surface area (Å²) in [7, 11) is 0. The van der Waals surface area contributed by atoms with Crippen LogP contribution in [0.5, 0.6) is 0 Å². The van der Waals surface area contributed by atoms with Crippen molar-refractivity contribution >= 4 is 17.6 Å². The van der Waals surface area contributed by atoms with Crippen LogP contribution in [-0.4, -0.2) is 18.5 Å². The van der Waals surface area contributed by atoms with Crippen molar-refractivity contribution < 1.29 is 14.3 Å². The molecule has 1 amide bonds. The summed E-state index contributed by atoms with van der Waals surface area (Å²) >= 11 is 0. The first kappa shape index (κ1) is 17.5. The molecule has 0 saturated heterocycles. The number of benzene rings is 1. The smallest absolute Gasteiger partial charge is 0.306 e. The van der Waals surface area contributed by atoms with Gasteiger partial charge in [0.05, 0.1) is 0 Å². The van der Waals surface area contributed by atoms with Gasteiger partial charge in [0.2, 0.25) is 0 Å². The molecule has 0 radical (unpaired) electrons. The highest BCUT2D eigenvalue weighted by molar-refractivity contribution is 5.92. The fraction of sp³-hybridized carbons (Fsp3) is 0.579. The molecule has 0 unspecified atom stereocenters. The van der Waals surface area contributed by atoms with Crippen LogP contribution in [0.25, 0.3) is 0 Å². The van der Waals surface area contributed by atoms with Gasteiger partial charge in [-0.1, -0.05) is 38.3 Å². The van der Waals surface area contributed by atoms with Gasteiger partial charge in [0, 0.05) is 12.1 Å². The molecule has 1 aliphatic carbocycles. The van der Waals surface area contributed by atoms with Crippen molar-refractivity contribution in [3.63, 3.8) is 0 Å². The van der Waals surface area contributed by atoms with Crippen LogP contribution in [0, 0.1) is 5.92 Å². The summed E-state index contributed by atoms with van der Waals surface area (Å²) in [6, 6.07) is 7.83. The van der Waals surface area contributed by atoms with E-state index in [1.807, 2.05) is 24.3 Å². The number of carbonyl (C=O) groups is 2. The van der Waals surface area contributed by atoms with E-state index in [0.29, 0.717) is 12.3 Å². The van der Waals surface area contributed by atoms with E-state index in [2.05, 4.69) is 12.2 Å². The largest absolute Gasteiger partial charge is 0.456 e. The summed E-state index contributed by atoms with van der Waals surface area (Å²) in [6.45, 7) is 1.96. The van der Waals surface area contributed by atoms with E-state index in [1.165, 1.54) is 31.2 Å². The van der Waals surface area contributed by atoms with Gasteiger partial charge in [-0.25, -0.2) is 0 Å². The fourth-order valence-corrected chi connectivity index (χ4v) is 2.99. The average molecular weight is 317 g/mol. The Hall–Kier alpha value is -1.84. The molecule has 0 aromatic heterocycles. The molecule has 0 heterocycles. The summed E-state index contributed by atoms with van der Waals surface area (Å²) in [4.78, 5) is 23.5. The number of unbranched alkanes of at least 4 members (excludes halogenated alkanes) is 1. The lowest BCUT2D eigenvalue weighted by Gasteiger charge is -2.10. The number of carbonyl (C=O) groups excluding carboxylic acids is 2. The maximum atomic E-state index is 11.8. The van der Waals surface area contributed by atoms with Crippen LogP contribution in [0.2, 0.25) is 0 Å². The zero-order valence-electron chi connectivity index (χ0n) is 14.0. The van der Waals surface area contributed by atoms with Crippen LogP contribution in [0.3, 0.4) is 0 Å². The lowest BCUT2D eigenvalue weighted by molar-refractivity contribution is -0.148. The van der Waals surface area contributed by atoms with Crippen molar-refractivity contribution in [1.82, 2.24) is 0 Å². The molecule has 4 heteroatoms. The van der Waals surface area contributed by atoms with E-state index in [9.17, 15) is 9.59 Å². The van der Waals surface area contributed by atoms with Crippen molar-refractivity contribution in [1.29, 1.82) is 0 Å². The summed E-state index contributed by atoms with van der Waals surface area (Å²) in [6.07, 6.45) is 8.45. The van der Waals surface area contributed by atoms with E-state index < -0.39 is 0 Å². The maximum absolute atomic E-state index is 11.8. The molecule has 1 saturated carbocycles. The maximum Gasteiger partial charge on any atom is 0.306 e. The van der Waals surface area contributed by atoms with Gasteiger partial charge in [-0.05, 0) is 49.3 Å². The Balaban J connectivity index is 1.68. The Bertz CT molecular complexity index is 504. The monoisotopic (exact) mass is 317 g/mol. The molecule has 1 aromatic carbocycles. The van der Waals surface area contributed by atoms with Gasteiger partial charge >= 0.3 is 5.97 Å². The second-order valence-corrected chi connectivity index (χ2v) is 6.36. The number of hydrogen-bond acceptors (Lipinski definition) is 3. The lowest BCUT2D eigenvalue weighted by atomic mass is 10.1. The number of ether oxygens (including phenoxy) is 1. The standard InChI is InChI=1S/C19H27NO3/c1-2-3-6-15-9-11-17(12-10-15)20-18(21)14-23-19(22)13-16-7-4-5-8-16/h9-12,16H,2-8,13-14H2,1H3,(H,20,21). The molecule has 0 spiro atoms. The van der Waals surface area contributed by atoms with Gasteiger partial charge in [0.15, 0.2) is 6.61 Å². The van der Waals surface area contributed by atoms with Gasteiger partial charge in [-0.2, -0.15) is 0 Å². The second kappa shape index (κ2) is 9.33. The van der Waals surface area contributed by atoms with Crippen molar-refractivity contribution in [2.75, 3.05) is 11.9 Å². The van der Waals surface area contributed by atoms with Crippen LogP contribution >= 0.6 is 0 Å². The zero-order chi connectivity index (χ0) is 16.5. The lowest BCUT2D eigenvalue weighted by Crippen LogP contribution is -2.21. The number of amides is 1. The SMILES string of the molecule is CCCCc1ccc(NC(=O)COC(=O)CC2CCCC2)cc1. The Morgan fingerprint density at radius 1 is 1.17 bits per heavy atom. The van der Waals surface area contributed by atoms with E-state index in [-0.39, 0.29) is 18.5 Å². The van der Waals surface area contributed by atoms with Gasteiger partial charge < -0.3 is 10.1 Å². The fourth-order valence-electron chi connectivity index (χ4n) is 2.99. The zero-order valence-corrected chi connectivity index (χ0v) is 14.0. The molecule has 1 fully saturated rings. The quantitative estimate of drug-likeness (QED) is 0.735. The number of aryl methyl sites for hydroxylation is 1. The van der Waals surface area contributed by atoms with Crippen molar-refractivity contribution in [3.05, 3.63) is 29.8 Å². The molecule has 0 bridgehead atoms. The summed E-state index contributed by atoms with van der Waals surface area (Å²) in [5, 5.41) is 2.76. The summed E-state index contributed by atoms with van der Waals surface area (Å²) in [5.74, 6) is -0.103. The van der Waals surface area contributed by atoms with E-state index >= 15 is 0 Å². The number of rotatable bonds is 8. The molecule has 1 aliphatic rings. The number of anilines is 1. The van der Waals surface area contributed by atoms with E-state index in [1.54, 1.807) is 0 Å². The normalized spacial score (nSPS) is 14.7. The highest BCUT2D eigenvalue weighted by Gasteiger charge is 2.19. The minimum absolute atomic E-state index is 0.205. The van der Waals surface area contributed by atoms with E-state index in [0.717, 1.165) is 24.9 Å². The van der Waals surface area contributed by atoms with Gasteiger partial charge in [0.25, 0.3) is 5.91 Å². The Morgan fingerprint density at radius 2 is 1.87 bits per heavy atom. The number of nitrogens with one attached hydrogen (secondary N) is 1. The van der Waals surface area contributed by atoms with Crippen molar-refractivity contribution in [2.24, 2.45) is 5.92 Å². The first-order valence-corrected chi connectivity index (χ1v) is 8.71. The van der Waals surface area contributed by atoms with Crippen LogP contribution in [0.4, 0.5) is 5.69 Å². The first-order chi connectivity index (χ1) is 11.2. The molecular weight excluding hydrogens is 290 g/mol. The first-order valence-electron chi connectivity index (χ1n) is 8.71. The van der Waals surface area contributed by atoms with Crippen molar-refractivity contribution in [2.45, 2.75) is 58.3 Å². The number of esters is 1. The van der Waals surface area contributed by atoms with Gasteiger partial charge in [0.1, 0.15) is 0 Å². The van der Waals surface area contributed by atoms with Crippen LogP contribution < -0.4 is 5.32 Å². The molecule has 4 nitrogen and oxygen atoms in total. The molecule has 0 atom stereocenters. The minimum atomic E-state index is -0.286. The molecule has 126 valence electrons. The summed E-state index contributed by atoms with van der Waals surface area (Å²) in [5.41, 5.74) is 2.01. The third-order valence-corrected chi connectivity index (χ3v) is 4.35. The topological polar surface area (TPSA) is 55.4 Å². The summed E-state index contributed by atoms with van der Waals surface area (Å²) < 4.78 is 5.06. The second-order valence-electron chi connectivity index (χ2n) is 6.36. The third kappa shape index (κ3) is 6.43. The molecule has 1 aromatic rings.